The fraction of sp³-hybridized carbons (Fsp3) is 0.706. The Labute approximate surface area is 127 Å². The molecule has 0 aromatic carbocycles. The average Bonchev–Trinajstić information content (AvgIpc) is 2.52. The lowest BCUT2D eigenvalue weighted by atomic mass is 9.81. The van der Waals surface area contributed by atoms with E-state index in [4.69, 9.17) is 9.47 Å². The van der Waals surface area contributed by atoms with Gasteiger partial charge in [0.25, 0.3) is 0 Å². The highest BCUT2D eigenvalue weighted by atomic mass is 16.5. The molecule has 2 aliphatic rings. The third-order valence-electron chi connectivity index (χ3n) is 4.85. The fourth-order valence-electron chi connectivity index (χ4n) is 3.63. The molecule has 4 nitrogen and oxygen atoms in total. The Balaban J connectivity index is 1.78. The second-order valence-corrected chi connectivity index (χ2v) is 6.39. The Morgan fingerprint density at radius 3 is 2.71 bits per heavy atom. The Morgan fingerprint density at radius 2 is 2.05 bits per heavy atom. The van der Waals surface area contributed by atoms with Crippen molar-refractivity contribution < 1.29 is 9.47 Å². The zero-order valence-electron chi connectivity index (χ0n) is 13.1. The summed E-state index contributed by atoms with van der Waals surface area (Å²) in [7, 11) is 2.19. The highest BCUT2D eigenvalue weighted by Crippen LogP contribution is 2.43. The molecule has 4 heteroatoms. The van der Waals surface area contributed by atoms with Crippen LogP contribution in [0.1, 0.15) is 44.3 Å². The Morgan fingerprint density at radius 1 is 1.33 bits per heavy atom. The second kappa shape index (κ2) is 6.42. The molecule has 0 bridgehead atoms. The molecular weight excluding hydrogens is 264 g/mol. The minimum absolute atomic E-state index is 0.00146. The smallest absolute Gasteiger partial charge is 0.0858 e. The summed E-state index contributed by atoms with van der Waals surface area (Å²) in [5.41, 5.74) is 1.23. The van der Waals surface area contributed by atoms with E-state index in [0.29, 0.717) is 6.10 Å². The van der Waals surface area contributed by atoms with Gasteiger partial charge in [0.1, 0.15) is 0 Å². The molecule has 1 aromatic heterocycles. The van der Waals surface area contributed by atoms with Crippen LogP contribution in [-0.4, -0.2) is 48.3 Å². The number of likely N-dealkylation sites (tertiary alicyclic amines) is 1. The molecule has 2 aliphatic heterocycles. The summed E-state index contributed by atoms with van der Waals surface area (Å²) in [6, 6.07) is 4.14. The number of piperidine rings is 1. The van der Waals surface area contributed by atoms with Gasteiger partial charge in [0, 0.05) is 44.9 Å². The molecule has 21 heavy (non-hydrogen) atoms. The molecule has 0 amide bonds. The summed E-state index contributed by atoms with van der Waals surface area (Å²) in [6.45, 7) is 5.09. The molecule has 0 radical (unpaired) electrons. The van der Waals surface area contributed by atoms with E-state index in [2.05, 4.69) is 36.0 Å². The van der Waals surface area contributed by atoms with Gasteiger partial charge in [0.05, 0.1) is 17.8 Å². The van der Waals surface area contributed by atoms with Crippen LogP contribution >= 0.6 is 0 Å². The van der Waals surface area contributed by atoms with Crippen LogP contribution in [0.4, 0.5) is 0 Å². The van der Waals surface area contributed by atoms with Crippen molar-refractivity contribution in [1.82, 2.24) is 9.88 Å². The second-order valence-electron chi connectivity index (χ2n) is 6.39. The zero-order chi connectivity index (χ0) is 14.7. The molecule has 2 atom stereocenters. The van der Waals surface area contributed by atoms with Gasteiger partial charge in [-0.2, -0.15) is 0 Å². The van der Waals surface area contributed by atoms with Gasteiger partial charge in [-0.15, -0.1) is 0 Å². The summed E-state index contributed by atoms with van der Waals surface area (Å²) in [4.78, 5) is 6.51. The SMILES string of the molecule is CCOC1CC(c2ccncc2)OC2(CCN(C)CC2)C1. The van der Waals surface area contributed by atoms with Crippen molar-refractivity contribution in [2.45, 2.75) is 50.4 Å². The van der Waals surface area contributed by atoms with Crippen molar-refractivity contribution in [3.8, 4) is 0 Å². The third kappa shape index (κ3) is 3.44. The van der Waals surface area contributed by atoms with E-state index in [-0.39, 0.29) is 11.7 Å². The van der Waals surface area contributed by atoms with Crippen LogP contribution in [0, 0.1) is 0 Å². The van der Waals surface area contributed by atoms with Crippen molar-refractivity contribution in [3.05, 3.63) is 30.1 Å². The first-order valence-electron chi connectivity index (χ1n) is 8.09. The van der Waals surface area contributed by atoms with Gasteiger partial charge < -0.3 is 14.4 Å². The van der Waals surface area contributed by atoms with Crippen molar-refractivity contribution >= 4 is 0 Å². The van der Waals surface area contributed by atoms with Crippen molar-refractivity contribution in [3.63, 3.8) is 0 Å². The maximum Gasteiger partial charge on any atom is 0.0858 e. The van der Waals surface area contributed by atoms with Gasteiger partial charge in [-0.05, 0) is 44.5 Å². The van der Waals surface area contributed by atoms with E-state index in [0.717, 1.165) is 45.4 Å². The largest absolute Gasteiger partial charge is 0.378 e. The van der Waals surface area contributed by atoms with Crippen molar-refractivity contribution in [2.75, 3.05) is 26.7 Å². The van der Waals surface area contributed by atoms with Crippen LogP contribution in [0.3, 0.4) is 0 Å². The quantitative estimate of drug-likeness (QED) is 0.857. The molecule has 1 spiro atoms. The molecule has 0 aliphatic carbocycles. The molecule has 2 fully saturated rings. The van der Waals surface area contributed by atoms with E-state index in [1.807, 2.05) is 12.4 Å². The number of ether oxygens (including phenoxy) is 2. The van der Waals surface area contributed by atoms with Crippen molar-refractivity contribution in [2.24, 2.45) is 0 Å². The van der Waals surface area contributed by atoms with Gasteiger partial charge in [-0.3, -0.25) is 4.98 Å². The van der Waals surface area contributed by atoms with Crippen LogP contribution in [-0.2, 0) is 9.47 Å². The Bertz CT molecular complexity index is 443. The third-order valence-corrected chi connectivity index (χ3v) is 4.85. The minimum atomic E-state index is -0.00146. The lowest BCUT2D eigenvalue weighted by Gasteiger charge is -2.48. The summed E-state index contributed by atoms with van der Waals surface area (Å²) in [5.74, 6) is 0. The molecule has 0 saturated carbocycles. The van der Waals surface area contributed by atoms with E-state index in [1.165, 1.54) is 5.56 Å². The van der Waals surface area contributed by atoms with Gasteiger partial charge in [-0.25, -0.2) is 0 Å². The number of nitrogens with zero attached hydrogens (tertiary/aromatic N) is 2. The lowest BCUT2D eigenvalue weighted by Crippen LogP contribution is -2.50. The summed E-state index contributed by atoms with van der Waals surface area (Å²) in [6.07, 6.45) is 8.36. The van der Waals surface area contributed by atoms with Gasteiger partial charge in [-0.1, -0.05) is 0 Å². The molecule has 2 saturated heterocycles. The highest BCUT2D eigenvalue weighted by Gasteiger charge is 2.43. The normalized spacial score (nSPS) is 29.6. The van der Waals surface area contributed by atoms with Gasteiger partial charge in [0.15, 0.2) is 0 Å². The van der Waals surface area contributed by atoms with Crippen LogP contribution in [0.5, 0.6) is 0 Å². The number of rotatable bonds is 3. The summed E-state index contributed by atoms with van der Waals surface area (Å²) in [5, 5.41) is 0. The van der Waals surface area contributed by atoms with Crippen LogP contribution < -0.4 is 0 Å². The van der Waals surface area contributed by atoms with Gasteiger partial charge >= 0.3 is 0 Å². The molecule has 3 rings (SSSR count). The minimum Gasteiger partial charge on any atom is -0.378 e. The first kappa shape index (κ1) is 14.9. The first-order valence-corrected chi connectivity index (χ1v) is 8.09. The predicted molar refractivity (Wildman–Crippen MR) is 82.2 cm³/mol. The topological polar surface area (TPSA) is 34.6 Å². The van der Waals surface area contributed by atoms with E-state index >= 15 is 0 Å². The number of pyridine rings is 1. The number of aromatic nitrogens is 1. The molecule has 116 valence electrons. The van der Waals surface area contributed by atoms with Crippen molar-refractivity contribution in [1.29, 1.82) is 0 Å². The predicted octanol–water partition coefficient (Wildman–Crippen LogP) is 2.80. The van der Waals surface area contributed by atoms with Crippen LogP contribution in [0.25, 0.3) is 0 Å². The highest BCUT2D eigenvalue weighted by molar-refractivity contribution is 5.15. The zero-order valence-corrected chi connectivity index (χ0v) is 13.1. The van der Waals surface area contributed by atoms with Gasteiger partial charge in [0.2, 0.25) is 0 Å². The van der Waals surface area contributed by atoms with E-state index in [1.54, 1.807) is 0 Å². The Hall–Kier alpha value is -0.970. The molecule has 2 unspecified atom stereocenters. The monoisotopic (exact) mass is 290 g/mol. The Kier molecular flexibility index (Phi) is 4.57. The average molecular weight is 290 g/mol. The summed E-state index contributed by atoms with van der Waals surface area (Å²) < 4.78 is 12.6. The maximum absolute atomic E-state index is 6.59. The molecule has 1 aromatic rings. The molecular formula is C17H26N2O2. The number of hydrogen-bond acceptors (Lipinski definition) is 4. The first-order chi connectivity index (χ1) is 10.2. The van der Waals surface area contributed by atoms with E-state index in [9.17, 15) is 0 Å². The fourth-order valence-corrected chi connectivity index (χ4v) is 3.63. The molecule has 0 N–H and O–H groups in total. The molecule has 3 heterocycles. The van der Waals surface area contributed by atoms with Crippen LogP contribution in [0.15, 0.2) is 24.5 Å². The lowest BCUT2D eigenvalue weighted by molar-refractivity contribution is -0.191. The standard InChI is InChI=1S/C17H26N2O2/c1-3-20-15-12-16(14-4-8-18-9-5-14)21-17(13-15)6-10-19(2)11-7-17/h4-5,8-9,15-16H,3,6-7,10-13H2,1-2H3. The van der Waals surface area contributed by atoms with Crippen LogP contribution in [0.2, 0.25) is 0 Å². The number of hydrogen-bond donors (Lipinski definition) is 0. The summed E-state index contributed by atoms with van der Waals surface area (Å²) >= 11 is 0. The van der Waals surface area contributed by atoms with E-state index < -0.39 is 0 Å². The maximum atomic E-state index is 6.59.